The van der Waals surface area contributed by atoms with E-state index in [9.17, 15) is 14.9 Å². The molecular formula is C14H13ClN2O5. The van der Waals surface area contributed by atoms with Crippen molar-refractivity contribution in [2.75, 3.05) is 13.7 Å². The number of benzene rings is 1. The van der Waals surface area contributed by atoms with Gasteiger partial charge in [-0.3, -0.25) is 14.9 Å². The van der Waals surface area contributed by atoms with Crippen molar-refractivity contribution >= 4 is 23.2 Å². The third kappa shape index (κ3) is 3.98. The van der Waals surface area contributed by atoms with Crippen LogP contribution in [0.15, 0.2) is 41.0 Å². The molecule has 1 amide bonds. The molecule has 7 nitrogen and oxygen atoms in total. The van der Waals surface area contributed by atoms with Crippen molar-refractivity contribution in [2.24, 2.45) is 0 Å². The van der Waals surface area contributed by atoms with Crippen molar-refractivity contribution in [1.29, 1.82) is 0 Å². The van der Waals surface area contributed by atoms with Gasteiger partial charge in [-0.2, -0.15) is 0 Å². The SMILES string of the molecule is CN(Cc1ccco1)C(=O)COc1ccc(Cl)cc1[N+](=O)[O-]. The highest BCUT2D eigenvalue weighted by molar-refractivity contribution is 6.30. The van der Waals surface area contributed by atoms with E-state index in [1.165, 1.54) is 29.4 Å². The fourth-order valence-corrected chi connectivity index (χ4v) is 1.90. The van der Waals surface area contributed by atoms with Gasteiger partial charge >= 0.3 is 5.69 Å². The molecule has 0 saturated carbocycles. The summed E-state index contributed by atoms with van der Waals surface area (Å²) in [7, 11) is 1.59. The topological polar surface area (TPSA) is 85.8 Å². The first-order valence-electron chi connectivity index (χ1n) is 6.30. The zero-order valence-electron chi connectivity index (χ0n) is 11.7. The third-order valence-electron chi connectivity index (χ3n) is 2.87. The van der Waals surface area contributed by atoms with E-state index in [1.54, 1.807) is 19.2 Å². The van der Waals surface area contributed by atoms with Crippen LogP contribution < -0.4 is 4.74 Å². The number of rotatable bonds is 6. The lowest BCUT2D eigenvalue weighted by Gasteiger charge is -2.16. The second kappa shape index (κ2) is 6.95. The Balaban J connectivity index is 1.97. The fourth-order valence-electron chi connectivity index (χ4n) is 1.73. The van der Waals surface area contributed by atoms with Crippen LogP contribution in [0.4, 0.5) is 5.69 Å². The Morgan fingerprint density at radius 3 is 2.86 bits per heavy atom. The van der Waals surface area contributed by atoms with Gasteiger partial charge in [0.2, 0.25) is 0 Å². The molecule has 0 spiro atoms. The molecule has 116 valence electrons. The van der Waals surface area contributed by atoms with Gasteiger partial charge in [-0.15, -0.1) is 0 Å². The van der Waals surface area contributed by atoms with E-state index in [-0.39, 0.29) is 35.5 Å². The largest absolute Gasteiger partial charge is 0.477 e. The molecule has 0 unspecified atom stereocenters. The summed E-state index contributed by atoms with van der Waals surface area (Å²) in [6.45, 7) is -0.0302. The van der Waals surface area contributed by atoms with E-state index < -0.39 is 4.92 Å². The fraction of sp³-hybridized carbons (Fsp3) is 0.214. The summed E-state index contributed by atoms with van der Waals surface area (Å²) in [6, 6.07) is 7.46. The molecule has 0 aliphatic rings. The van der Waals surface area contributed by atoms with Crippen LogP contribution in [0, 0.1) is 10.1 Å². The number of furan rings is 1. The Labute approximate surface area is 131 Å². The number of likely N-dealkylation sites (N-methyl/N-ethyl adjacent to an activating group) is 1. The molecule has 22 heavy (non-hydrogen) atoms. The van der Waals surface area contributed by atoms with Gasteiger partial charge in [0.1, 0.15) is 5.76 Å². The summed E-state index contributed by atoms with van der Waals surface area (Å²) in [5.41, 5.74) is -0.283. The van der Waals surface area contributed by atoms with E-state index in [4.69, 9.17) is 20.8 Å². The molecule has 1 aromatic heterocycles. The van der Waals surface area contributed by atoms with Crippen LogP contribution >= 0.6 is 11.6 Å². The molecule has 0 fully saturated rings. The van der Waals surface area contributed by atoms with Gasteiger partial charge in [0.25, 0.3) is 5.91 Å². The van der Waals surface area contributed by atoms with Gasteiger partial charge in [-0.25, -0.2) is 0 Å². The minimum absolute atomic E-state index is 0.00542. The predicted molar refractivity (Wildman–Crippen MR) is 78.8 cm³/mol. The van der Waals surface area contributed by atoms with E-state index in [1.807, 2.05) is 0 Å². The number of halogens is 1. The molecular weight excluding hydrogens is 312 g/mol. The summed E-state index contributed by atoms with van der Waals surface area (Å²) in [5.74, 6) is 0.295. The van der Waals surface area contributed by atoms with Crippen molar-refractivity contribution in [3.05, 3.63) is 57.5 Å². The van der Waals surface area contributed by atoms with Crippen LogP contribution in [-0.2, 0) is 11.3 Å². The molecule has 0 aliphatic carbocycles. The van der Waals surface area contributed by atoms with Crippen molar-refractivity contribution in [3.8, 4) is 5.75 Å². The number of amides is 1. The summed E-state index contributed by atoms with van der Waals surface area (Å²) in [6.07, 6.45) is 1.52. The second-order valence-electron chi connectivity index (χ2n) is 4.49. The van der Waals surface area contributed by atoms with Crippen LogP contribution in [0.5, 0.6) is 5.75 Å². The lowest BCUT2D eigenvalue weighted by molar-refractivity contribution is -0.385. The Morgan fingerprint density at radius 2 is 2.23 bits per heavy atom. The highest BCUT2D eigenvalue weighted by Crippen LogP contribution is 2.29. The van der Waals surface area contributed by atoms with E-state index in [2.05, 4.69) is 0 Å². The molecule has 0 N–H and O–H groups in total. The molecule has 0 bridgehead atoms. The van der Waals surface area contributed by atoms with Crippen LogP contribution in [0.2, 0.25) is 5.02 Å². The number of nitrogens with zero attached hydrogens (tertiary/aromatic N) is 2. The molecule has 1 aromatic carbocycles. The van der Waals surface area contributed by atoms with Crippen molar-refractivity contribution < 1.29 is 18.9 Å². The maximum Gasteiger partial charge on any atom is 0.312 e. The van der Waals surface area contributed by atoms with Gasteiger partial charge in [0.15, 0.2) is 12.4 Å². The first-order chi connectivity index (χ1) is 10.5. The van der Waals surface area contributed by atoms with E-state index in [0.717, 1.165) is 0 Å². The lowest BCUT2D eigenvalue weighted by Crippen LogP contribution is -2.30. The molecule has 0 atom stereocenters. The van der Waals surface area contributed by atoms with Gasteiger partial charge < -0.3 is 14.1 Å². The molecule has 1 heterocycles. The number of hydrogen-bond donors (Lipinski definition) is 0. The van der Waals surface area contributed by atoms with Gasteiger partial charge in [-0.05, 0) is 24.3 Å². The Morgan fingerprint density at radius 1 is 1.45 bits per heavy atom. The molecule has 2 aromatic rings. The predicted octanol–water partition coefficient (Wildman–Crippen LogP) is 2.88. The molecule has 8 heteroatoms. The van der Waals surface area contributed by atoms with Gasteiger partial charge in [0, 0.05) is 18.1 Å². The monoisotopic (exact) mass is 324 g/mol. The minimum atomic E-state index is -0.613. The standard InChI is InChI=1S/C14H13ClN2O5/c1-16(8-11-3-2-6-21-11)14(18)9-22-13-5-4-10(15)7-12(13)17(19)20/h2-7H,8-9H2,1H3. The highest BCUT2D eigenvalue weighted by Gasteiger charge is 2.18. The Hall–Kier alpha value is -2.54. The third-order valence-corrected chi connectivity index (χ3v) is 3.10. The first-order valence-corrected chi connectivity index (χ1v) is 6.68. The van der Waals surface area contributed by atoms with Crippen LogP contribution in [0.25, 0.3) is 0 Å². The van der Waals surface area contributed by atoms with E-state index in [0.29, 0.717) is 5.76 Å². The number of carbonyl (C=O) groups is 1. The smallest absolute Gasteiger partial charge is 0.312 e. The normalized spacial score (nSPS) is 10.3. The van der Waals surface area contributed by atoms with Crippen LogP contribution in [0.1, 0.15) is 5.76 Å². The average Bonchev–Trinajstić information content (AvgIpc) is 2.98. The minimum Gasteiger partial charge on any atom is -0.477 e. The van der Waals surface area contributed by atoms with Crippen molar-refractivity contribution in [2.45, 2.75) is 6.54 Å². The Bertz CT molecular complexity index is 672. The Kier molecular flexibility index (Phi) is 5.00. The van der Waals surface area contributed by atoms with Crippen molar-refractivity contribution in [1.82, 2.24) is 4.90 Å². The molecule has 0 radical (unpaired) electrons. The molecule has 2 rings (SSSR count). The maximum atomic E-state index is 12.0. The van der Waals surface area contributed by atoms with Gasteiger partial charge in [0.05, 0.1) is 17.7 Å². The number of nitro benzene ring substituents is 1. The van der Waals surface area contributed by atoms with Crippen LogP contribution in [0.3, 0.4) is 0 Å². The number of hydrogen-bond acceptors (Lipinski definition) is 5. The summed E-state index contributed by atoms with van der Waals surface area (Å²) in [5, 5.41) is 11.1. The highest BCUT2D eigenvalue weighted by atomic mass is 35.5. The first kappa shape index (κ1) is 15.8. The zero-order valence-corrected chi connectivity index (χ0v) is 12.4. The summed E-state index contributed by atoms with van der Waals surface area (Å²) < 4.78 is 10.4. The van der Waals surface area contributed by atoms with E-state index >= 15 is 0 Å². The second-order valence-corrected chi connectivity index (χ2v) is 4.92. The quantitative estimate of drug-likeness (QED) is 0.602. The number of ether oxygens (including phenoxy) is 1. The average molecular weight is 325 g/mol. The van der Waals surface area contributed by atoms with Crippen molar-refractivity contribution in [3.63, 3.8) is 0 Å². The van der Waals surface area contributed by atoms with Crippen LogP contribution in [-0.4, -0.2) is 29.4 Å². The van der Waals surface area contributed by atoms with Gasteiger partial charge in [-0.1, -0.05) is 11.6 Å². The molecule has 0 aliphatic heterocycles. The molecule has 0 saturated heterocycles. The number of nitro groups is 1. The zero-order chi connectivity index (χ0) is 16.1. The summed E-state index contributed by atoms with van der Waals surface area (Å²) in [4.78, 5) is 23.7. The summed E-state index contributed by atoms with van der Waals surface area (Å²) >= 11 is 5.71. The maximum absolute atomic E-state index is 12.0. The number of carbonyl (C=O) groups excluding carboxylic acids is 1. The lowest BCUT2D eigenvalue weighted by atomic mass is 10.3.